The average molecular weight is 389 g/mol. The van der Waals surface area contributed by atoms with Gasteiger partial charge in [-0.15, -0.1) is 0 Å². The number of fused-ring (bicyclic) bond motifs is 1. The van der Waals surface area contributed by atoms with E-state index in [1.54, 1.807) is 18.2 Å². The Morgan fingerprint density at radius 2 is 2.19 bits per heavy atom. The molecule has 27 heavy (non-hydrogen) atoms. The van der Waals surface area contributed by atoms with Crippen LogP contribution in [0.2, 0.25) is 5.02 Å². The van der Waals surface area contributed by atoms with Crippen LogP contribution < -0.4 is 15.8 Å². The van der Waals surface area contributed by atoms with Gasteiger partial charge in [-0.25, -0.2) is 14.4 Å². The number of nitrogen functional groups attached to an aromatic ring is 1. The Morgan fingerprint density at radius 1 is 1.30 bits per heavy atom. The number of halogens is 2. The predicted octanol–water partition coefficient (Wildman–Crippen LogP) is 4.31. The number of nitrogens with one attached hydrogen (secondary N) is 1. The molecular weight excluding hydrogens is 371 g/mol. The number of nitrogens with zero attached hydrogens (tertiary/aromatic N) is 2. The highest BCUT2D eigenvalue weighted by Crippen LogP contribution is 2.32. The third kappa shape index (κ3) is 3.89. The molecule has 8 heteroatoms. The Bertz CT molecular complexity index is 979. The molecule has 1 fully saturated rings. The summed E-state index contributed by atoms with van der Waals surface area (Å²) in [5.74, 6) is 0.625. The molecule has 0 bridgehead atoms. The lowest BCUT2D eigenvalue weighted by molar-refractivity contribution is 0.0682. The van der Waals surface area contributed by atoms with Crippen molar-refractivity contribution in [1.82, 2.24) is 9.97 Å². The number of aromatic nitrogens is 2. The summed E-state index contributed by atoms with van der Waals surface area (Å²) in [5.41, 5.74) is 7.93. The van der Waals surface area contributed by atoms with Crippen LogP contribution in [0.15, 0.2) is 36.7 Å². The number of hydrogen-bond donors (Lipinski definition) is 2. The van der Waals surface area contributed by atoms with E-state index in [1.165, 1.54) is 18.5 Å². The molecule has 1 aromatic heterocycles. The summed E-state index contributed by atoms with van der Waals surface area (Å²) >= 11 is 5.84. The van der Waals surface area contributed by atoms with Crippen molar-refractivity contribution in [3.63, 3.8) is 0 Å². The minimum Gasteiger partial charge on any atom is -0.489 e. The van der Waals surface area contributed by atoms with Crippen LogP contribution in [0.4, 0.5) is 21.6 Å². The molecule has 0 saturated carbocycles. The highest BCUT2D eigenvalue weighted by atomic mass is 35.5. The zero-order chi connectivity index (χ0) is 18.8. The van der Waals surface area contributed by atoms with Crippen molar-refractivity contribution in [3.05, 3.63) is 47.5 Å². The first-order valence-corrected chi connectivity index (χ1v) is 8.98. The van der Waals surface area contributed by atoms with Crippen LogP contribution in [0.1, 0.15) is 12.8 Å². The largest absolute Gasteiger partial charge is 0.489 e. The van der Waals surface area contributed by atoms with Crippen LogP contribution in [-0.4, -0.2) is 29.3 Å². The first kappa shape index (κ1) is 17.8. The van der Waals surface area contributed by atoms with Gasteiger partial charge in [0.05, 0.1) is 22.3 Å². The van der Waals surface area contributed by atoms with E-state index >= 15 is 0 Å². The standard InChI is InChI=1S/C19H18ClFN4O2/c20-14-6-11(3-4-15(14)21)25-19-13-7-16(22)18(8-17(13)23-10-24-19)27-9-12-2-1-5-26-12/h3-4,6-8,10,12H,1-2,5,9,22H2,(H,23,24,25)/t12-/m0/s1. The molecule has 4 rings (SSSR count). The van der Waals surface area contributed by atoms with E-state index in [0.29, 0.717) is 35.1 Å². The van der Waals surface area contributed by atoms with E-state index in [9.17, 15) is 4.39 Å². The Hall–Kier alpha value is -2.64. The van der Waals surface area contributed by atoms with Crippen molar-refractivity contribution in [2.24, 2.45) is 0 Å². The quantitative estimate of drug-likeness (QED) is 0.634. The molecule has 0 amide bonds. The van der Waals surface area contributed by atoms with Gasteiger partial charge in [0.1, 0.15) is 30.3 Å². The zero-order valence-electron chi connectivity index (χ0n) is 14.4. The van der Waals surface area contributed by atoms with Crippen LogP contribution in [-0.2, 0) is 4.74 Å². The van der Waals surface area contributed by atoms with E-state index in [0.717, 1.165) is 24.8 Å². The minimum absolute atomic E-state index is 0.0303. The Morgan fingerprint density at radius 3 is 2.96 bits per heavy atom. The maximum Gasteiger partial charge on any atom is 0.144 e. The molecule has 2 heterocycles. The summed E-state index contributed by atoms with van der Waals surface area (Å²) in [6.45, 7) is 1.23. The van der Waals surface area contributed by atoms with Crippen LogP contribution >= 0.6 is 11.6 Å². The van der Waals surface area contributed by atoms with Gasteiger partial charge in [0, 0.05) is 23.7 Å². The zero-order valence-corrected chi connectivity index (χ0v) is 15.2. The SMILES string of the molecule is Nc1cc2c(Nc3ccc(F)c(Cl)c3)ncnc2cc1OC[C@@H]1CCCO1. The summed E-state index contributed by atoms with van der Waals surface area (Å²) in [6.07, 6.45) is 3.59. The highest BCUT2D eigenvalue weighted by Gasteiger charge is 2.17. The summed E-state index contributed by atoms with van der Waals surface area (Å²) in [7, 11) is 0. The maximum absolute atomic E-state index is 13.3. The average Bonchev–Trinajstić information content (AvgIpc) is 3.17. The third-order valence-electron chi connectivity index (χ3n) is 4.40. The molecule has 1 aliphatic heterocycles. The van der Waals surface area contributed by atoms with Crippen molar-refractivity contribution in [3.8, 4) is 5.75 Å². The van der Waals surface area contributed by atoms with Gasteiger partial charge in [-0.05, 0) is 37.1 Å². The first-order chi connectivity index (χ1) is 13.1. The molecule has 2 aromatic carbocycles. The molecule has 0 spiro atoms. The normalized spacial score (nSPS) is 16.6. The number of benzene rings is 2. The smallest absolute Gasteiger partial charge is 0.144 e. The van der Waals surface area contributed by atoms with E-state index in [4.69, 9.17) is 26.8 Å². The second-order valence-corrected chi connectivity index (χ2v) is 6.74. The van der Waals surface area contributed by atoms with Crippen LogP contribution in [0.25, 0.3) is 10.9 Å². The fourth-order valence-corrected chi connectivity index (χ4v) is 3.17. The van der Waals surface area contributed by atoms with Gasteiger partial charge in [0.25, 0.3) is 0 Å². The van der Waals surface area contributed by atoms with Crippen molar-refractivity contribution >= 4 is 39.7 Å². The monoisotopic (exact) mass is 388 g/mol. The second-order valence-electron chi connectivity index (χ2n) is 6.33. The Kier molecular flexibility index (Phi) is 4.96. The fourth-order valence-electron chi connectivity index (χ4n) is 2.99. The van der Waals surface area contributed by atoms with E-state index in [1.807, 2.05) is 0 Å². The van der Waals surface area contributed by atoms with Gasteiger partial charge >= 0.3 is 0 Å². The van der Waals surface area contributed by atoms with E-state index < -0.39 is 5.82 Å². The molecule has 3 aromatic rings. The number of anilines is 3. The molecule has 1 aliphatic rings. The van der Waals surface area contributed by atoms with Gasteiger partial charge in [-0.3, -0.25) is 0 Å². The highest BCUT2D eigenvalue weighted by molar-refractivity contribution is 6.31. The molecule has 1 atom stereocenters. The van der Waals surface area contributed by atoms with E-state index in [-0.39, 0.29) is 11.1 Å². The number of ether oxygens (including phenoxy) is 2. The Labute approximate surface area is 160 Å². The molecule has 6 nitrogen and oxygen atoms in total. The van der Waals surface area contributed by atoms with Gasteiger partial charge < -0.3 is 20.5 Å². The lowest BCUT2D eigenvalue weighted by Crippen LogP contribution is -2.16. The van der Waals surface area contributed by atoms with E-state index in [2.05, 4.69) is 15.3 Å². The van der Waals surface area contributed by atoms with Gasteiger partial charge in [-0.1, -0.05) is 11.6 Å². The third-order valence-corrected chi connectivity index (χ3v) is 4.69. The molecule has 3 N–H and O–H groups in total. The second kappa shape index (κ2) is 7.54. The molecule has 0 radical (unpaired) electrons. The first-order valence-electron chi connectivity index (χ1n) is 8.61. The predicted molar refractivity (Wildman–Crippen MR) is 103 cm³/mol. The topological polar surface area (TPSA) is 82.3 Å². The lowest BCUT2D eigenvalue weighted by Gasteiger charge is -2.15. The summed E-state index contributed by atoms with van der Waals surface area (Å²) in [6, 6.07) is 7.90. The van der Waals surface area contributed by atoms with Gasteiger partial charge in [-0.2, -0.15) is 0 Å². The number of hydrogen-bond acceptors (Lipinski definition) is 6. The van der Waals surface area contributed by atoms with Gasteiger partial charge in [0.2, 0.25) is 0 Å². The summed E-state index contributed by atoms with van der Waals surface area (Å²) < 4.78 is 24.7. The maximum atomic E-state index is 13.3. The molecule has 0 aliphatic carbocycles. The van der Waals surface area contributed by atoms with Crippen LogP contribution in [0.3, 0.4) is 0 Å². The molecule has 0 unspecified atom stereocenters. The molecule has 140 valence electrons. The number of rotatable bonds is 5. The van der Waals surface area contributed by atoms with Crippen molar-refractivity contribution < 1.29 is 13.9 Å². The van der Waals surface area contributed by atoms with Crippen molar-refractivity contribution in [2.45, 2.75) is 18.9 Å². The summed E-state index contributed by atoms with van der Waals surface area (Å²) in [4.78, 5) is 8.55. The molecule has 1 saturated heterocycles. The Balaban J connectivity index is 1.60. The fraction of sp³-hybridized carbons (Fsp3) is 0.263. The molecular formula is C19H18ClFN4O2. The minimum atomic E-state index is -0.480. The summed E-state index contributed by atoms with van der Waals surface area (Å²) in [5, 5.41) is 3.87. The lowest BCUT2D eigenvalue weighted by atomic mass is 10.2. The van der Waals surface area contributed by atoms with Gasteiger partial charge in [0.15, 0.2) is 0 Å². The van der Waals surface area contributed by atoms with Crippen molar-refractivity contribution in [1.29, 1.82) is 0 Å². The van der Waals surface area contributed by atoms with Crippen LogP contribution in [0.5, 0.6) is 5.75 Å². The van der Waals surface area contributed by atoms with Crippen molar-refractivity contribution in [2.75, 3.05) is 24.3 Å². The number of nitrogens with two attached hydrogens (primary N) is 1. The van der Waals surface area contributed by atoms with Crippen LogP contribution in [0, 0.1) is 5.82 Å².